The Bertz CT molecular complexity index is 822. The zero-order valence-corrected chi connectivity index (χ0v) is 15.7. The molecule has 1 aliphatic heterocycles. The number of aliphatic carboxylic acids is 1. The van der Waals surface area contributed by atoms with Gasteiger partial charge in [-0.25, -0.2) is 9.78 Å². The van der Waals surface area contributed by atoms with Crippen LogP contribution in [0.15, 0.2) is 41.0 Å². The summed E-state index contributed by atoms with van der Waals surface area (Å²) < 4.78 is 5.51. The number of rotatable bonds is 6. The van der Waals surface area contributed by atoms with Gasteiger partial charge in [0.1, 0.15) is 12.3 Å². The van der Waals surface area contributed by atoms with E-state index >= 15 is 0 Å². The van der Waals surface area contributed by atoms with E-state index in [9.17, 15) is 14.7 Å². The van der Waals surface area contributed by atoms with Gasteiger partial charge >= 0.3 is 5.97 Å². The number of oxazole rings is 1. The van der Waals surface area contributed by atoms with Gasteiger partial charge in [0.05, 0.1) is 11.4 Å². The van der Waals surface area contributed by atoms with E-state index in [1.807, 2.05) is 30.3 Å². The number of amides is 1. The van der Waals surface area contributed by atoms with Crippen LogP contribution in [0.3, 0.4) is 0 Å². The van der Waals surface area contributed by atoms with Crippen LogP contribution in [0.2, 0.25) is 0 Å². The van der Waals surface area contributed by atoms with Crippen molar-refractivity contribution in [3.8, 4) is 11.5 Å². The minimum Gasteiger partial charge on any atom is -0.480 e. The molecule has 0 radical (unpaired) electrons. The molecule has 1 aromatic carbocycles. The number of fused-ring (bicyclic) bond motifs is 1. The Balaban J connectivity index is 1.32. The van der Waals surface area contributed by atoms with Crippen molar-refractivity contribution in [2.75, 3.05) is 12.3 Å². The number of thioether (sulfide) groups is 1. The number of hydrogen-bond donors (Lipinski definition) is 1. The summed E-state index contributed by atoms with van der Waals surface area (Å²) in [6.07, 6.45) is 4.64. The van der Waals surface area contributed by atoms with E-state index in [0.717, 1.165) is 30.5 Å². The number of aromatic nitrogens is 1. The molecule has 0 spiro atoms. The second-order valence-corrected chi connectivity index (χ2v) is 8.17. The van der Waals surface area contributed by atoms with Gasteiger partial charge in [0.15, 0.2) is 0 Å². The van der Waals surface area contributed by atoms with Crippen LogP contribution in [0.4, 0.5) is 0 Å². The molecule has 27 heavy (non-hydrogen) atoms. The number of nitrogens with zero attached hydrogens (tertiary/aromatic N) is 2. The zero-order valence-electron chi connectivity index (χ0n) is 14.9. The standard InChI is InChI=1S/C20H22N2O4S/c23-17(22-9-14-7-4-8-16(14)18(22)20(24)25)12-27-11-15-10-26-19(21-15)13-5-2-1-3-6-13/h1-3,5-6,10,14,16,18H,4,7-9,11-12H2,(H,24,25). The number of benzene rings is 1. The molecule has 2 aliphatic rings. The summed E-state index contributed by atoms with van der Waals surface area (Å²) >= 11 is 1.45. The Morgan fingerprint density at radius 1 is 1.26 bits per heavy atom. The lowest BCUT2D eigenvalue weighted by Crippen LogP contribution is -2.44. The monoisotopic (exact) mass is 386 g/mol. The maximum Gasteiger partial charge on any atom is 0.326 e. The number of carbonyl (C=O) groups excluding carboxylic acids is 1. The lowest BCUT2D eigenvalue weighted by molar-refractivity contribution is -0.148. The molecule has 1 saturated carbocycles. The van der Waals surface area contributed by atoms with Crippen molar-refractivity contribution >= 4 is 23.6 Å². The van der Waals surface area contributed by atoms with E-state index in [1.165, 1.54) is 11.8 Å². The van der Waals surface area contributed by atoms with E-state index < -0.39 is 12.0 Å². The molecule has 1 N–H and O–H groups in total. The van der Waals surface area contributed by atoms with Gasteiger partial charge in [-0.1, -0.05) is 24.6 Å². The molecule has 1 aliphatic carbocycles. The maximum absolute atomic E-state index is 12.6. The highest BCUT2D eigenvalue weighted by atomic mass is 32.2. The van der Waals surface area contributed by atoms with Crippen molar-refractivity contribution in [1.82, 2.24) is 9.88 Å². The summed E-state index contributed by atoms with van der Waals surface area (Å²) in [4.78, 5) is 30.3. The van der Waals surface area contributed by atoms with Crippen molar-refractivity contribution in [2.24, 2.45) is 11.8 Å². The Labute approximate surface area is 162 Å². The molecule has 7 heteroatoms. The molecular formula is C20H22N2O4S. The van der Waals surface area contributed by atoms with Crippen molar-refractivity contribution < 1.29 is 19.1 Å². The first kappa shape index (κ1) is 18.1. The Hall–Kier alpha value is -2.28. The molecule has 1 aromatic heterocycles. The summed E-state index contributed by atoms with van der Waals surface area (Å²) in [5, 5.41) is 9.57. The Morgan fingerprint density at radius 3 is 2.85 bits per heavy atom. The van der Waals surface area contributed by atoms with Crippen molar-refractivity contribution in [3.63, 3.8) is 0 Å². The fourth-order valence-electron chi connectivity index (χ4n) is 4.29. The SMILES string of the molecule is O=C(O)C1C2CCCC2CN1C(=O)CSCc1coc(-c2ccccc2)n1. The van der Waals surface area contributed by atoms with Crippen LogP contribution in [-0.4, -0.2) is 45.2 Å². The number of carboxylic acid groups (broad SMARTS) is 1. The summed E-state index contributed by atoms with van der Waals surface area (Å²) in [6.45, 7) is 0.586. The smallest absolute Gasteiger partial charge is 0.326 e. The third-order valence-electron chi connectivity index (χ3n) is 5.51. The van der Waals surface area contributed by atoms with Gasteiger partial charge in [-0.3, -0.25) is 4.79 Å². The summed E-state index contributed by atoms with van der Waals surface area (Å²) in [6, 6.07) is 9.01. The highest BCUT2D eigenvalue weighted by molar-refractivity contribution is 7.99. The molecule has 142 valence electrons. The summed E-state index contributed by atoms with van der Waals surface area (Å²) in [7, 11) is 0. The Morgan fingerprint density at radius 2 is 2.07 bits per heavy atom. The van der Waals surface area contributed by atoms with Crippen LogP contribution in [-0.2, 0) is 15.3 Å². The van der Waals surface area contributed by atoms with Crippen LogP contribution in [0.25, 0.3) is 11.5 Å². The molecular weight excluding hydrogens is 364 g/mol. The molecule has 2 fully saturated rings. The van der Waals surface area contributed by atoms with Gasteiger partial charge in [-0.05, 0) is 36.8 Å². The topological polar surface area (TPSA) is 83.6 Å². The molecule has 0 bridgehead atoms. The molecule has 2 aromatic rings. The van der Waals surface area contributed by atoms with Crippen LogP contribution in [0.5, 0.6) is 0 Å². The van der Waals surface area contributed by atoms with Crippen molar-refractivity contribution in [2.45, 2.75) is 31.1 Å². The lowest BCUT2D eigenvalue weighted by Gasteiger charge is -2.24. The fraction of sp³-hybridized carbons (Fsp3) is 0.450. The summed E-state index contributed by atoms with van der Waals surface area (Å²) in [5.74, 6) is 0.901. The first-order valence-electron chi connectivity index (χ1n) is 9.23. The highest BCUT2D eigenvalue weighted by Gasteiger charge is 2.49. The molecule has 3 atom stereocenters. The fourth-order valence-corrected chi connectivity index (χ4v) is 5.08. The minimum absolute atomic E-state index is 0.0893. The molecule has 1 amide bonds. The van der Waals surface area contributed by atoms with Gasteiger partial charge in [0, 0.05) is 17.9 Å². The molecule has 2 heterocycles. The van der Waals surface area contributed by atoms with Crippen LogP contribution >= 0.6 is 11.8 Å². The normalized spacial score (nSPS) is 24.1. The first-order chi connectivity index (χ1) is 13.1. The van der Waals surface area contributed by atoms with E-state index in [1.54, 1.807) is 11.2 Å². The van der Waals surface area contributed by atoms with Gasteiger partial charge in [-0.15, -0.1) is 11.8 Å². The van der Waals surface area contributed by atoms with Gasteiger partial charge in [0.2, 0.25) is 11.8 Å². The third kappa shape index (κ3) is 3.74. The van der Waals surface area contributed by atoms with Crippen molar-refractivity contribution in [3.05, 3.63) is 42.3 Å². The minimum atomic E-state index is -0.869. The zero-order chi connectivity index (χ0) is 18.8. The van der Waals surface area contributed by atoms with Gasteiger partial charge < -0.3 is 14.4 Å². The molecule has 1 saturated heterocycles. The number of carboxylic acids is 1. The van der Waals surface area contributed by atoms with Crippen LogP contribution < -0.4 is 0 Å². The Kier molecular flexibility index (Phi) is 5.20. The van der Waals surface area contributed by atoms with Crippen molar-refractivity contribution in [1.29, 1.82) is 0 Å². The number of carbonyl (C=O) groups is 2. The van der Waals surface area contributed by atoms with Gasteiger partial charge in [-0.2, -0.15) is 0 Å². The molecule has 4 rings (SSSR count). The highest BCUT2D eigenvalue weighted by Crippen LogP contribution is 2.42. The average molecular weight is 386 g/mol. The molecule has 3 unspecified atom stereocenters. The second-order valence-electron chi connectivity index (χ2n) is 7.19. The van der Waals surface area contributed by atoms with Gasteiger partial charge in [0.25, 0.3) is 0 Å². The predicted molar refractivity (Wildman–Crippen MR) is 102 cm³/mol. The quantitative estimate of drug-likeness (QED) is 0.820. The first-order valence-corrected chi connectivity index (χ1v) is 10.4. The van der Waals surface area contributed by atoms with Crippen LogP contribution in [0, 0.1) is 11.8 Å². The number of likely N-dealkylation sites (tertiary alicyclic amines) is 1. The largest absolute Gasteiger partial charge is 0.480 e. The van der Waals surface area contributed by atoms with E-state index in [0.29, 0.717) is 24.1 Å². The third-order valence-corrected chi connectivity index (χ3v) is 6.46. The average Bonchev–Trinajstić information content (AvgIpc) is 3.37. The number of hydrogen-bond acceptors (Lipinski definition) is 5. The molecule has 6 nitrogen and oxygen atoms in total. The van der Waals surface area contributed by atoms with E-state index in [2.05, 4.69) is 4.98 Å². The second kappa shape index (κ2) is 7.76. The summed E-state index contributed by atoms with van der Waals surface area (Å²) in [5.41, 5.74) is 1.69. The van der Waals surface area contributed by atoms with Crippen LogP contribution in [0.1, 0.15) is 25.0 Å². The predicted octanol–water partition coefficient (Wildman–Crippen LogP) is 3.29. The van der Waals surface area contributed by atoms with E-state index in [4.69, 9.17) is 4.42 Å². The van der Waals surface area contributed by atoms with E-state index in [-0.39, 0.29) is 17.6 Å². The maximum atomic E-state index is 12.6. The lowest BCUT2D eigenvalue weighted by atomic mass is 9.94.